The third kappa shape index (κ3) is 3.85. The van der Waals surface area contributed by atoms with Crippen molar-refractivity contribution in [3.05, 3.63) is 41.1 Å². The van der Waals surface area contributed by atoms with Crippen molar-refractivity contribution >= 4 is 22.4 Å². The number of hydrogen-bond acceptors (Lipinski definition) is 6. The molecule has 1 aromatic carbocycles. The maximum atomic E-state index is 12.6. The van der Waals surface area contributed by atoms with Crippen LogP contribution < -0.4 is 15.4 Å². The lowest BCUT2D eigenvalue weighted by Crippen LogP contribution is -2.35. The molecule has 0 aliphatic rings. The van der Waals surface area contributed by atoms with Crippen LogP contribution in [0, 0.1) is 6.92 Å². The molecule has 1 aromatic heterocycles. The first kappa shape index (κ1) is 18.2. The number of methoxy groups -OCH3 is 1. The predicted octanol–water partition coefficient (Wildman–Crippen LogP) is 2.53. The van der Waals surface area contributed by atoms with Gasteiger partial charge in [-0.2, -0.15) is 4.37 Å². The number of carbonyl (C=O) groups excluding carboxylic acids is 1. The number of nitrogens with one attached hydrogen (secondary N) is 2. The number of nitrogens with zero attached hydrogens (tertiary/aromatic N) is 2. The molecule has 2 N–H and O–H groups in total. The van der Waals surface area contributed by atoms with E-state index in [-0.39, 0.29) is 11.9 Å². The highest BCUT2D eigenvalue weighted by Crippen LogP contribution is 2.28. The molecule has 1 unspecified atom stereocenters. The van der Waals surface area contributed by atoms with Crippen LogP contribution in [0.1, 0.15) is 27.7 Å². The van der Waals surface area contributed by atoms with Crippen molar-refractivity contribution in [2.75, 3.05) is 40.1 Å². The number of rotatable bonds is 7. The van der Waals surface area contributed by atoms with E-state index in [0.717, 1.165) is 22.0 Å². The van der Waals surface area contributed by atoms with Crippen molar-refractivity contribution in [1.29, 1.82) is 0 Å². The van der Waals surface area contributed by atoms with Crippen molar-refractivity contribution in [2.24, 2.45) is 0 Å². The molecule has 24 heavy (non-hydrogen) atoms. The first-order chi connectivity index (χ1) is 11.5. The van der Waals surface area contributed by atoms with E-state index in [1.165, 1.54) is 11.5 Å². The van der Waals surface area contributed by atoms with Gasteiger partial charge in [-0.05, 0) is 38.6 Å². The smallest absolute Gasteiger partial charge is 0.256 e. The fourth-order valence-electron chi connectivity index (χ4n) is 2.60. The number of para-hydroxylation sites is 1. The van der Waals surface area contributed by atoms with Gasteiger partial charge in [-0.15, -0.1) is 0 Å². The van der Waals surface area contributed by atoms with E-state index in [4.69, 9.17) is 4.74 Å². The molecule has 0 saturated heterocycles. The first-order valence-electron chi connectivity index (χ1n) is 7.71. The zero-order chi connectivity index (χ0) is 17.7. The van der Waals surface area contributed by atoms with Crippen molar-refractivity contribution in [3.8, 4) is 5.75 Å². The average Bonchev–Trinajstić information content (AvgIpc) is 2.95. The number of hydrogen-bond donors (Lipinski definition) is 2. The summed E-state index contributed by atoms with van der Waals surface area (Å²) in [6.45, 7) is 2.32. The lowest BCUT2D eigenvalue weighted by Gasteiger charge is -2.26. The highest BCUT2D eigenvalue weighted by Gasteiger charge is 2.22. The van der Waals surface area contributed by atoms with E-state index in [1.807, 2.05) is 45.3 Å². The average molecular weight is 348 g/mol. The van der Waals surface area contributed by atoms with E-state index >= 15 is 0 Å². The quantitative estimate of drug-likeness (QED) is 0.805. The van der Waals surface area contributed by atoms with Crippen LogP contribution in [0.15, 0.2) is 24.3 Å². The highest BCUT2D eigenvalue weighted by atomic mass is 32.1. The standard InChI is InChI=1S/C17H24N4O2S/c1-11-15(17(18-2)24-20-11)16(22)19-10-13(21(3)4)12-8-6-7-9-14(12)23-5/h6-9,13,18H,10H2,1-5H3,(H,19,22). The molecule has 2 aromatic rings. The molecule has 130 valence electrons. The predicted molar refractivity (Wildman–Crippen MR) is 98.2 cm³/mol. The molecule has 7 heteroatoms. The van der Waals surface area contributed by atoms with Gasteiger partial charge in [0.05, 0.1) is 24.4 Å². The van der Waals surface area contributed by atoms with Crippen LogP contribution >= 0.6 is 11.5 Å². The third-order valence-corrected chi connectivity index (χ3v) is 4.85. The van der Waals surface area contributed by atoms with Gasteiger partial charge in [0.1, 0.15) is 10.8 Å². The lowest BCUT2D eigenvalue weighted by molar-refractivity contribution is 0.0942. The monoisotopic (exact) mass is 348 g/mol. The molecule has 6 nitrogen and oxygen atoms in total. The molecular formula is C17H24N4O2S. The summed E-state index contributed by atoms with van der Waals surface area (Å²) in [5.41, 5.74) is 2.39. The van der Waals surface area contributed by atoms with Crippen LogP contribution in [-0.2, 0) is 0 Å². The minimum atomic E-state index is -0.118. The van der Waals surface area contributed by atoms with Crippen LogP contribution in [0.3, 0.4) is 0 Å². The van der Waals surface area contributed by atoms with Crippen LogP contribution in [0.2, 0.25) is 0 Å². The summed E-state index contributed by atoms with van der Waals surface area (Å²) < 4.78 is 9.70. The van der Waals surface area contributed by atoms with Crippen molar-refractivity contribution in [1.82, 2.24) is 14.6 Å². The third-order valence-electron chi connectivity index (χ3n) is 3.89. The maximum Gasteiger partial charge on any atom is 0.256 e. The van der Waals surface area contributed by atoms with Crippen LogP contribution in [0.25, 0.3) is 0 Å². The van der Waals surface area contributed by atoms with Crippen LogP contribution in [0.5, 0.6) is 5.75 Å². The molecule has 1 amide bonds. The fraction of sp³-hybridized carbons (Fsp3) is 0.412. The summed E-state index contributed by atoms with van der Waals surface area (Å²) in [6, 6.07) is 7.87. The van der Waals surface area contributed by atoms with Crippen LogP contribution in [0.4, 0.5) is 5.00 Å². The van der Waals surface area contributed by atoms with Gasteiger partial charge in [-0.3, -0.25) is 4.79 Å². The Balaban J connectivity index is 2.17. The Bertz CT molecular complexity index is 700. The molecule has 2 rings (SSSR count). The van der Waals surface area contributed by atoms with E-state index in [2.05, 4.69) is 19.9 Å². The molecule has 0 bridgehead atoms. The zero-order valence-electron chi connectivity index (χ0n) is 14.7. The van der Waals surface area contributed by atoms with Gasteiger partial charge in [0.2, 0.25) is 0 Å². The van der Waals surface area contributed by atoms with Gasteiger partial charge in [-0.1, -0.05) is 18.2 Å². The van der Waals surface area contributed by atoms with Gasteiger partial charge < -0.3 is 20.3 Å². The number of benzene rings is 1. The first-order valence-corrected chi connectivity index (χ1v) is 8.48. The minimum absolute atomic E-state index is 0.00929. The van der Waals surface area contributed by atoms with Crippen molar-refractivity contribution < 1.29 is 9.53 Å². The SMILES string of the molecule is CNc1snc(C)c1C(=O)NCC(c1ccccc1OC)N(C)C. The van der Waals surface area contributed by atoms with Gasteiger partial charge in [0, 0.05) is 19.2 Å². The number of aryl methyl sites for hydroxylation is 1. The fourth-order valence-corrected chi connectivity index (χ4v) is 3.34. The van der Waals surface area contributed by atoms with Crippen LogP contribution in [-0.4, -0.2) is 50.0 Å². The van der Waals surface area contributed by atoms with E-state index in [1.54, 1.807) is 14.2 Å². The summed E-state index contributed by atoms with van der Waals surface area (Å²) in [5.74, 6) is 0.696. The van der Waals surface area contributed by atoms with Crippen molar-refractivity contribution in [2.45, 2.75) is 13.0 Å². The van der Waals surface area contributed by atoms with Gasteiger partial charge in [-0.25, -0.2) is 0 Å². The number of aromatic nitrogens is 1. The lowest BCUT2D eigenvalue weighted by atomic mass is 10.0. The van der Waals surface area contributed by atoms with Crippen molar-refractivity contribution in [3.63, 3.8) is 0 Å². The normalized spacial score (nSPS) is 12.1. The summed E-state index contributed by atoms with van der Waals surface area (Å²) >= 11 is 1.30. The Kier molecular flexibility index (Phi) is 6.16. The summed E-state index contributed by atoms with van der Waals surface area (Å²) in [6.07, 6.45) is 0. The molecule has 0 spiro atoms. The number of likely N-dealkylation sites (N-methyl/N-ethyl adjacent to an activating group) is 1. The molecule has 0 saturated carbocycles. The highest BCUT2D eigenvalue weighted by molar-refractivity contribution is 7.10. The summed E-state index contributed by atoms with van der Waals surface area (Å²) in [4.78, 5) is 14.7. The number of anilines is 1. The number of carbonyl (C=O) groups is 1. The Morgan fingerprint density at radius 3 is 2.71 bits per heavy atom. The van der Waals surface area contributed by atoms with Gasteiger partial charge in [0.15, 0.2) is 0 Å². The Hall–Kier alpha value is -2.12. The minimum Gasteiger partial charge on any atom is -0.496 e. The largest absolute Gasteiger partial charge is 0.496 e. The second-order valence-corrected chi connectivity index (χ2v) is 6.43. The summed E-state index contributed by atoms with van der Waals surface area (Å²) in [7, 11) is 7.42. The Morgan fingerprint density at radius 2 is 2.08 bits per heavy atom. The molecule has 0 radical (unpaired) electrons. The van der Waals surface area contributed by atoms with Gasteiger partial charge in [0.25, 0.3) is 5.91 Å². The number of ether oxygens (including phenoxy) is 1. The molecule has 0 aliphatic carbocycles. The summed E-state index contributed by atoms with van der Waals surface area (Å²) in [5, 5.41) is 6.83. The molecule has 0 aliphatic heterocycles. The van der Waals surface area contributed by atoms with E-state index in [9.17, 15) is 4.79 Å². The molecule has 0 fully saturated rings. The molecular weight excluding hydrogens is 324 g/mol. The van der Waals surface area contributed by atoms with Gasteiger partial charge >= 0.3 is 0 Å². The number of amides is 1. The second-order valence-electron chi connectivity index (χ2n) is 5.65. The van der Waals surface area contributed by atoms with E-state index in [0.29, 0.717) is 12.1 Å². The molecule has 1 atom stereocenters. The Labute approximate surface area is 147 Å². The van der Waals surface area contributed by atoms with E-state index < -0.39 is 0 Å². The topological polar surface area (TPSA) is 66.5 Å². The maximum absolute atomic E-state index is 12.6. The molecule has 1 heterocycles. The second kappa shape index (κ2) is 8.12. The zero-order valence-corrected chi connectivity index (χ0v) is 15.5. The Morgan fingerprint density at radius 1 is 1.38 bits per heavy atom.